The maximum atomic E-state index is 12.7. The highest BCUT2D eigenvalue weighted by atomic mass is 32.2. The van der Waals surface area contributed by atoms with Gasteiger partial charge >= 0.3 is 0 Å². The minimum atomic E-state index is -3.64. The number of hydrogen-bond donors (Lipinski definition) is 2. The molecule has 9 heteroatoms. The number of sulfonamides is 1. The van der Waals surface area contributed by atoms with Crippen molar-refractivity contribution in [3.63, 3.8) is 0 Å². The van der Waals surface area contributed by atoms with E-state index in [0.29, 0.717) is 16.3 Å². The molecule has 1 saturated heterocycles. The molecule has 28 heavy (non-hydrogen) atoms. The Morgan fingerprint density at radius 3 is 2.61 bits per heavy atom. The second-order valence-corrected chi connectivity index (χ2v) is 9.77. The first-order chi connectivity index (χ1) is 13.3. The third-order valence-corrected chi connectivity index (χ3v) is 7.39. The van der Waals surface area contributed by atoms with Gasteiger partial charge in [0, 0.05) is 17.5 Å². The van der Waals surface area contributed by atoms with Crippen LogP contribution in [0.1, 0.15) is 46.4 Å². The van der Waals surface area contributed by atoms with Crippen LogP contribution in [-0.2, 0) is 16.6 Å². The standard InChI is InChI=1S/C19H26N4O3S2/c1-13-9-15(10-17(14(13)2)28(25,26)20-3)18(24)22-19-21-16(12-27-19)11-23-7-5-4-6-8-23/h9-10,12,20H,4-8,11H2,1-3H3,(H,21,22,24). The molecule has 0 saturated carbocycles. The van der Waals surface area contributed by atoms with Gasteiger partial charge in [0.1, 0.15) is 0 Å². The second-order valence-electron chi connectivity index (χ2n) is 7.06. The van der Waals surface area contributed by atoms with E-state index in [2.05, 4.69) is 19.9 Å². The predicted molar refractivity (Wildman–Crippen MR) is 111 cm³/mol. The quantitative estimate of drug-likeness (QED) is 0.747. The number of carbonyl (C=O) groups is 1. The molecular weight excluding hydrogens is 396 g/mol. The van der Waals surface area contributed by atoms with Crippen molar-refractivity contribution in [1.29, 1.82) is 0 Å². The maximum Gasteiger partial charge on any atom is 0.257 e. The van der Waals surface area contributed by atoms with Gasteiger partial charge in [-0.2, -0.15) is 0 Å². The van der Waals surface area contributed by atoms with E-state index in [0.717, 1.165) is 30.9 Å². The smallest absolute Gasteiger partial charge is 0.257 e. The normalized spacial score (nSPS) is 15.5. The number of hydrogen-bond acceptors (Lipinski definition) is 6. The van der Waals surface area contributed by atoms with Gasteiger partial charge in [-0.3, -0.25) is 15.0 Å². The molecule has 2 N–H and O–H groups in total. The number of aryl methyl sites for hydroxylation is 1. The van der Waals surface area contributed by atoms with Crippen molar-refractivity contribution in [1.82, 2.24) is 14.6 Å². The van der Waals surface area contributed by atoms with E-state index in [1.54, 1.807) is 19.9 Å². The zero-order valence-corrected chi connectivity index (χ0v) is 18.0. The van der Waals surface area contributed by atoms with Gasteiger partial charge in [-0.25, -0.2) is 18.1 Å². The Bertz CT molecular complexity index is 964. The summed E-state index contributed by atoms with van der Waals surface area (Å²) >= 11 is 1.38. The Hall–Kier alpha value is -1.81. The second kappa shape index (κ2) is 8.69. The van der Waals surface area contributed by atoms with E-state index in [9.17, 15) is 13.2 Å². The lowest BCUT2D eigenvalue weighted by Crippen LogP contribution is -2.29. The summed E-state index contributed by atoms with van der Waals surface area (Å²) in [6.07, 6.45) is 3.73. The van der Waals surface area contributed by atoms with Crippen LogP contribution in [0.5, 0.6) is 0 Å². The molecule has 0 radical (unpaired) electrons. The molecule has 1 aromatic heterocycles. The molecule has 3 rings (SSSR count). The third-order valence-electron chi connectivity index (χ3n) is 5.05. The number of rotatable bonds is 6. The Balaban J connectivity index is 1.75. The fraction of sp³-hybridized carbons (Fsp3) is 0.474. The number of nitrogens with zero attached hydrogens (tertiary/aromatic N) is 2. The number of carbonyl (C=O) groups excluding carboxylic acids is 1. The minimum Gasteiger partial charge on any atom is -0.298 e. The molecule has 1 amide bonds. The molecule has 7 nitrogen and oxygen atoms in total. The summed E-state index contributed by atoms with van der Waals surface area (Å²) in [5.74, 6) is -0.366. The van der Waals surface area contributed by atoms with E-state index in [1.165, 1.54) is 43.7 Å². The van der Waals surface area contributed by atoms with Crippen LogP contribution in [0.15, 0.2) is 22.4 Å². The highest BCUT2D eigenvalue weighted by molar-refractivity contribution is 7.89. The number of amides is 1. The van der Waals surface area contributed by atoms with Gasteiger partial charge in [0.15, 0.2) is 5.13 Å². The molecule has 2 aromatic rings. The lowest BCUT2D eigenvalue weighted by molar-refractivity contribution is 0.102. The van der Waals surface area contributed by atoms with Gasteiger partial charge in [0.2, 0.25) is 10.0 Å². The number of benzene rings is 1. The van der Waals surface area contributed by atoms with Gasteiger partial charge in [-0.15, -0.1) is 11.3 Å². The van der Waals surface area contributed by atoms with Gasteiger partial charge in [0.05, 0.1) is 10.6 Å². The summed E-state index contributed by atoms with van der Waals surface area (Å²) in [6.45, 7) is 6.49. The fourth-order valence-corrected chi connectivity index (χ4v) is 5.06. The highest BCUT2D eigenvalue weighted by Crippen LogP contribution is 2.23. The van der Waals surface area contributed by atoms with E-state index >= 15 is 0 Å². The molecule has 1 fully saturated rings. The molecule has 2 heterocycles. The Kier molecular flexibility index (Phi) is 6.49. The first-order valence-electron chi connectivity index (χ1n) is 9.33. The van der Waals surface area contributed by atoms with Crippen LogP contribution >= 0.6 is 11.3 Å². The average molecular weight is 423 g/mol. The zero-order valence-electron chi connectivity index (χ0n) is 16.4. The number of aromatic nitrogens is 1. The van der Waals surface area contributed by atoms with Crippen molar-refractivity contribution in [3.05, 3.63) is 39.9 Å². The van der Waals surface area contributed by atoms with Crippen molar-refractivity contribution in [2.75, 3.05) is 25.5 Å². The first-order valence-corrected chi connectivity index (χ1v) is 11.7. The molecule has 0 unspecified atom stereocenters. The summed E-state index contributed by atoms with van der Waals surface area (Å²) in [4.78, 5) is 19.7. The van der Waals surface area contributed by atoms with Crippen LogP contribution < -0.4 is 10.0 Å². The van der Waals surface area contributed by atoms with Crippen LogP contribution in [-0.4, -0.2) is 44.3 Å². The Labute approximate surface area is 170 Å². The molecule has 0 aliphatic carbocycles. The van der Waals surface area contributed by atoms with Crippen molar-refractivity contribution in [3.8, 4) is 0 Å². The summed E-state index contributed by atoms with van der Waals surface area (Å²) < 4.78 is 26.8. The number of piperidine rings is 1. The van der Waals surface area contributed by atoms with Crippen LogP contribution in [0.2, 0.25) is 0 Å². The Morgan fingerprint density at radius 1 is 1.21 bits per heavy atom. The van der Waals surface area contributed by atoms with Crippen molar-refractivity contribution >= 4 is 32.4 Å². The van der Waals surface area contributed by atoms with Crippen molar-refractivity contribution in [2.45, 2.75) is 44.6 Å². The average Bonchev–Trinajstić information content (AvgIpc) is 3.11. The lowest BCUT2D eigenvalue weighted by Gasteiger charge is -2.25. The number of thiazole rings is 1. The molecular formula is C19H26N4O3S2. The predicted octanol–water partition coefficient (Wildman–Crippen LogP) is 2.91. The molecule has 0 spiro atoms. The van der Waals surface area contributed by atoms with E-state index in [-0.39, 0.29) is 10.8 Å². The largest absolute Gasteiger partial charge is 0.298 e. The minimum absolute atomic E-state index is 0.116. The van der Waals surface area contributed by atoms with Crippen molar-refractivity contribution in [2.24, 2.45) is 0 Å². The monoisotopic (exact) mass is 422 g/mol. The fourth-order valence-electron chi connectivity index (χ4n) is 3.30. The SMILES string of the molecule is CNS(=O)(=O)c1cc(C(=O)Nc2nc(CN3CCCCC3)cs2)cc(C)c1C. The number of anilines is 1. The summed E-state index contributed by atoms with van der Waals surface area (Å²) in [5, 5.41) is 5.28. The summed E-state index contributed by atoms with van der Waals surface area (Å²) in [7, 11) is -2.28. The molecule has 1 aromatic carbocycles. The molecule has 152 valence electrons. The van der Waals surface area contributed by atoms with Gasteiger partial charge in [-0.05, 0) is 70.1 Å². The maximum absolute atomic E-state index is 12.7. The molecule has 0 bridgehead atoms. The van der Waals surface area contributed by atoms with Crippen LogP contribution in [0.3, 0.4) is 0 Å². The van der Waals surface area contributed by atoms with Crippen LogP contribution in [0.4, 0.5) is 5.13 Å². The molecule has 1 aliphatic heterocycles. The van der Waals surface area contributed by atoms with E-state index < -0.39 is 10.0 Å². The first kappa shape index (κ1) is 20.9. The number of likely N-dealkylation sites (tertiary alicyclic amines) is 1. The molecule has 0 atom stereocenters. The van der Waals surface area contributed by atoms with E-state index in [4.69, 9.17) is 0 Å². The van der Waals surface area contributed by atoms with Crippen LogP contribution in [0, 0.1) is 13.8 Å². The van der Waals surface area contributed by atoms with Gasteiger partial charge in [-0.1, -0.05) is 6.42 Å². The third kappa shape index (κ3) is 4.78. The highest BCUT2D eigenvalue weighted by Gasteiger charge is 2.20. The molecule has 1 aliphatic rings. The van der Waals surface area contributed by atoms with Gasteiger partial charge < -0.3 is 0 Å². The zero-order chi connectivity index (χ0) is 20.3. The van der Waals surface area contributed by atoms with Gasteiger partial charge in [0.25, 0.3) is 5.91 Å². The summed E-state index contributed by atoms with van der Waals surface area (Å²) in [5.41, 5.74) is 2.61. The van der Waals surface area contributed by atoms with Crippen molar-refractivity contribution < 1.29 is 13.2 Å². The summed E-state index contributed by atoms with van der Waals surface area (Å²) in [6, 6.07) is 3.10. The number of nitrogens with one attached hydrogen (secondary N) is 2. The van der Waals surface area contributed by atoms with Crippen LogP contribution in [0.25, 0.3) is 0 Å². The Morgan fingerprint density at radius 2 is 1.93 bits per heavy atom. The van der Waals surface area contributed by atoms with E-state index in [1.807, 2.05) is 5.38 Å². The lowest BCUT2D eigenvalue weighted by atomic mass is 10.1. The topological polar surface area (TPSA) is 91.4 Å².